The highest BCUT2D eigenvalue weighted by molar-refractivity contribution is 6.03. The summed E-state index contributed by atoms with van der Waals surface area (Å²) in [5.41, 5.74) is 0.558. The maximum absolute atomic E-state index is 12.6. The van der Waals surface area contributed by atoms with Crippen molar-refractivity contribution in [1.29, 1.82) is 0 Å². The van der Waals surface area contributed by atoms with Crippen molar-refractivity contribution in [2.24, 2.45) is 5.92 Å². The summed E-state index contributed by atoms with van der Waals surface area (Å²) in [6.45, 7) is 2.92. The van der Waals surface area contributed by atoms with Crippen LogP contribution >= 0.6 is 0 Å². The van der Waals surface area contributed by atoms with Gasteiger partial charge in [0.15, 0.2) is 5.78 Å². The molecule has 2 atom stereocenters. The standard InChI is InChI=1S/C14H19NO3/c1-9-10(7-8-15-9)14(16)13-11(17-2)5-4-6-12(13)18-3/h4-6,9-10,15H,7-8H2,1-3H3. The van der Waals surface area contributed by atoms with Crippen LogP contribution in [-0.4, -0.2) is 32.6 Å². The van der Waals surface area contributed by atoms with Crippen LogP contribution in [0.3, 0.4) is 0 Å². The van der Waals surface area contributed by atoms with E-state index in [1.165, 1.54) is 0 Å². The topological polar surface area (TPSA) is 47.6 Å². The maximum atomic E-state index is 12.6. The summed E-state index contributed by atoms with van der Waals surface area (Å²) in [6.07, 6.45) is 0.862. The first-order valence-electron chi connectivity index (χ1n) is 6.17. The Hall–Kier alpha value is -1.55. The van der Waals surface area contributed by atoms with E-state index in [4.69, 9.17) is 9.47 Å². The number of benzene rings is 1. The van der Waals surface area contributed by atoms with Gasteiger partial charge in [0.2, 0.25) is 0 Å². The summed E-state index contributed by atoms with van der Waals surface area (Å²) in [7, 11) is 3.14. The molecule has 0 amide bonds. The highest BCUT2D eigenvalue weighted by Crippen LogP contribution is 2.33. The van der Waals surface area contributed by atoms with Crippen LogP contribution in [0.5, 0.6) is 11.5 Å². The molecule has 1 aliphatic rings. The third kappa shape index (κ3) is 2.20. The number of Topliss-reactive ketones (excluding diaryl/α,β-unsaturated/α-hetero) is 1. The number of ether oxygens (including phenoxy) is 2. The minimum atomic E-state index is -0.00444. The average Bonchev–Trinajstić information content (AvgIpc) is 2.83. The Morgan fingerprint density at radius 1 is 1.28 bits per heavy atom. The minimum absolute atomic E-state index is 0.00444. The van der Waals surface area contributed by atoms with Gasteiger partial charge in [-0.2, -0.15) is 0 Å². The molecule has 1 N–H and O–H groups in total. The molecule has 98 valence electrons. The van der Waals surface area contributed by atoms with Gasteiger partial charge >= 0.3 is 0 Å². The molecule has 2 unspecified atom stereocenters. The molecule has 0 spiro atoms. The molecule has 1 aromatic rings. The summed E-state index contributed by atoms with van der Waals surface area (Å²) in [6, 6.07) is 5.61. The SMILES string of the molecule is COc1cccc(OC)c1C(=O)C1CCNC1C. The molecule has 0 aliphatic carbocycles. The van der Waals surface area contributed by atoms with Crippen LogP contribution < -0.4 is 14.8 Å². The van der Waals surface area contributed by atoms with E-state index >= 15 is 0 Å². The molecule has 2 rings (SSSR count). The molecule has 1 aliphatic heterocycles. The monoisotopic (exact) mass is 249 g/mol. The van der Waals surface area contributed by atoms with E-state index in [1.54, 1.807) is 26.4 Å². The van der Waals surface area contributed by atoms with E-state index < -0.39 is 0 Å². The van der Waals surface area contributed by atoms with E-state index in [0.717, 1.165) is 13.0 Å². The van der Waals surface area contributed by atoms with Crippen molar-refractivity contribution >= 4 is 5.78 Å². The molecule has 0 saturated carbocycles. The van der Waals surface area contributed by atoms with Crippen LogP contribution in [0.15, 0.2) is 18.2 Å². The van der Waals surface area contributed by atoms with E-state index in [2.05, 4.69) is 5.32 Å². The lowest BCUT2D eigenvalue weighted by Crippen LogP contribution is -2.28. The van der Waals surface area contributed by atoms with Gasteiger partial charge in [-0.1, -0.05) is 6.07 Å². The Kier molecular flexibility index (Phi) is 3.87. The van der Waals surface area contributed by atoms with Crippen molar-refractivity contribution in [2.45, 2.75) is 19.4 Å². The van der Waals surface area contributed by atoms with Crippen LogP contribution in [0.1, 0.15) is 23.7 Å². The quantitative estimate of drug-likeness (QED) is 0.828. The molecule has 0 aromatic heterocycles. The molecule has 4 nitrogen and oxygen atoms in total. The maximum Gasteiger partial charge on any atom is 0.175 e. The zero-order valence-corrected chi connectivity index (χ0v) is 11.0. The predicted octanol–water partition coefficient (Wildman–Crippen LogP) is 1.88. The van der Waals surface area contributed by atoms with Gasteiger partial charge in [0.25, 0.3) is 0 Å². The number of methoxy groups -OCH3 is 2. The van der Waals surface area contributed by atoms with Crippen molar-refractivity contribution in [3.63, 3.8) is 0 Å². The second-order valence-electron chi connectivity index (χ2n) is 4.54. The van der Waals surface area contributed by atoms with Crippen molar-refractivity contribution in [3.8, 4) is 11.5 Å². The van der Waals surface area contributed by atoms with Gasteiger partial charge in [-0.15, -0.1) is 0 Å². The Labute approximate surface area is 107 Å². The second-order valence-corrected chi connectivity index (χ2v) is 4.54. The lowest BCUT2D eigenvalue weighted by Gasteiger charge is -2.17. The molecule has 1 aromatic carbocycles. The van der Waals surface area contributed by atoms with Crippen LogP contribution in [0, 0.1) is 5.92 Å². The summed E-state index contributed by atoms with van der Waals surface area (Å²) in [4.78, 5) is 12.6. The first-order valence-corrected chi connectivity index (χ1v) is 6.17. The van der Waals surface area contributed by atoms with Crippen molar-refractivity contribution in [2.75, 3.05) is 20.8 Å². The number of ketones is 1. The number of carbonyl (C=O) groups excluding carboxylic acids is 1. The fraction of sp³-hybridized carbons (Fsp3) is 0.500. The van der Waals surface area contributed by atoms with Crippen molar-refractivity contribution in [1.82, 2.24) is 5.32 Å². The molecular formula is C14H19NO3. The average molecular weight is 249 g/mol. The van der Waals surface area contributed by atoms with Gasteiger partial charge in [0, 0.05) is 12.0 Å². The van der Waals surface area contributed by atoms with E-state index in [9.17, 15) is 4.79 Å². The van der Waals surface area contributed by atoms with E-state index in [1.807, 2.05) is 13.0 Å². The van der Waals surface area contributed by atoms with Crippen LogP contribution in [0.4, 0.5) is 0 Å². The lowest BCUT2D eigenvalue weighted by molar-refractivity contribution is 0.0907. The van der Waals surface area contributed by atoms with Gasteiger partial charge in [0.05, 0.1) is 14.2 Å². The number of nitrogens with one attached hydrogen (secondary N) is 1. The van der Waals surface area contributed by atoms with Gasteiger partial charge in [-0.05, 0) is 32.0 Å². The fourth-order valence-corrected chi connectivity index (χ4v) is 2.50. The van der Waals surface area contributed by atoms with Gasteiger partial charge in [0.1, 0.15) is 17.1 Å². The molecule has 1 heterocycles. The summed E-state index contributed by atoms with van der Waals surface area (Å²) in [5.74, 6) is 1.26. The van der Waals surface area contributed by atoms with E-state index in [-0.39, 0.29) is 17.7 Å². The summed E-state index contributed by atoms with van der Waals surface area (Å²) in [5, 5.41) is 3.29. The minimum Gasteiger partial charge on any atom is -0.496 e. The number of hydrogen-bond donors (Lipinski definition) is 1. The van der Waals surface area contributed by atoms with Crippen LogP contribution in [-0.2, 0) is 0 Å². The van der Waals surface area contributed by atoms with E-state index in [0.29, 0.717) is 17.1 Å². The fourth-order valence-electron chi connectivity index (χ4n) is 2.50. The number of hydrogen-bond acceptors (Lipinski definition) is 4. The Morgan fingerprint density at radius 2 is 1.89 bits per heavy atom. The summed E-state index contributed by atoms with van der Waals surface area (Å²) >= 11 is 0. The van der Waals surface area contributed by atoms with Gasteiger partial charge < -0.3 is 14.8 Å². The molecule has 0 bridgehead atoms. The Balaban J connectivity index is 2.39. The van der Waals surface area contributed by atoms with Crippen LogP contribution in [0.25, 0.3) is 0 Å². The van der Waals surface area contributed by atoms with Crippen LogP contribution in [0.2, 0.25) is 0 Å². The van der Waals surface area contributed by atoms with Crippen molar-refractivity contribution in [3.05, 3.63) is 23.8 Å². The zero-order valence-electron chi connectivity index (χ0n) is 11.0. The smallest absolute Gasteiger partial charge is 0.175 e. The van der Waals surface area contributed by atoms with Crippen molar-refractivity contribution < 1.29 is 14.3 Å². The molecule has 0 radical (unpaired) electrons. The van der Waals surface area contributed by atoms with Gasteiger partial charge in [-0.25, -0.2) is 0 Å². The predicted molar refractivity (Wildman–Crippen MR) is 69.4 cm³/mol. The normalized spacial score (nSPS) is 22.8. The second kappa shape index (κ2) is 5.40. The first kappa shape index (κ1) is 12.9. The highest BCUT2D eigenvalue weighted by atomic mass is 16.5. The van der Waals surface area contributed by atoms with Gasteiger partial charge in [-0.3, -0.25) is 4.79 Å². The molecule has 4 heteroatoms. The highest BCUT2D eigenvalue weighted by Gasteiger charge is 2.33. The lowest BCUT2D eigenvalue weighted by atomic mass is 9.91. The number of carbonyl (C=O) groups is 1. The number of rotatable bonds is 4. The summed E-state index contributed by atoms with van der Waals surface area (Å²) < 4.78 is 10.6. The molecule has 1 saturated heterocycles. The molecule has 1 fully saturated rings. The third-order valence-electron chi connectivity index (χ3n) is 3.54. The third-order valence-corrected chi connectivity index (χ3v) is 3.54. The Bertz CT molecular complexity index is 422. The molecular weight excluding hydrogens is 230 g/mol. The zero-order chi connectivity index (χ0) is 13.1. The largest absolute Gasteiger partial charge is 0.496 e. The Morgan fingerprint density at radius 3 is 2.33 bits per heavy atom. The molecule has 18 heavy (non-hydrogen) atoms. The first-order chi connectivity index (χ1) is 8.69.